The molecule has 0 aromatic heterocycles. The first-order valence-electron chi connectivity index (χ1n) is 9.42. The zero-order valence-corrected chi connectivity index (χ0v) is 14.2. The van der Waals surface area contributed by atoms with Crippen molar-refractivity contribution in [3.63, 3.8) is 0 Å². The highest BCUT2D eigenvalue weighted by molar-refractivity contribution is 4.97. The summed E-state index contributed by atoms with van der Waals surface area (Å²) in [6, 6.07) is 0.392. The molecule has 3 rings (SSSR count). The Balaban J connectivity index is 1.67. The van der Waals surface area contributed by atoms with Crippen LogP contribution >= 0.6 is 0 Å². The third-order valence-electron chi connectivity index (χ3n) is 6.89. The standard InChI is InChI=1S/C19H35NO/c1-18(2)10-7-4-8-16(18)17(20)15-9-13-21-19(14-15)11-5-3-6-12-19/h15-17H,3-14,20H2,1-2H3. The number of ether oxygens (including phenoxy) is 1. The first-order chi connectivity index (χ1) is 10.0. The summed E-state index contributed by atoms with van der Waals surface area (Å²) >= 11 is 0. The minimum atomic E-state index is 0.206. The third kappa shape index (κ3) is 3.32. The molecule has 0 radical (unpaired) electrons. The minimum Gasteiger partial charge on any atom is -0.375 e. The van der Waals surface area contributed by atoms with Crippen LogP contribution in [-0.2, 0) is 4.74 Å². The van der Waals surface area contributed by atoms with Gasteiger partial charge in [-0.2, -0.15) is 0 Å². The van der Waals surface area contributed by atoms with Crippen molar-refractivity contribution in [3.05, 3.63) is 0 Å². The van der Waals surface area contributed by atoms with E-state index in [0.29, 0.717) is 17.4 Å². The first kappa shape index (κ1) is 15.8. The Hall–Kier alpha value is -0.0800. The molecule has 1 saturated heterocycles. The molecule has 1 aliphatic heterocycles. The molecular weight excluding hydrogens is 258 g/mol. The highest BCUT2D eigenvalue weighted by Gasteiger charge is 2.44. The fourth-order valence-electron chi connectivity index (χ4n) is 5.50. The zero-order valence-electron chi connectivity index (χ0n) is 14.2. The minimum absolute atomic E-state index is 0.206. The molecule has 3 aliphatic rings. The molecule has 0 aromatic rings. The molecule has 2 N–H and O–H groups in total. The molecule has 3 fully saturated rings. The van der Waals surface area contributed by atoms with Crippen LogP contribution in [0.25, 0.3) is 0 Å². The van der Waals surface area contributed by atoms with Gasteiger partial charge in [-0.1, -0.05) is 46.0 Å². The van der Waals surface area contributed by atoms with Crippen LogP contribution in [0.2, 0.25) is 0 Å². The van der Waals surface area contributed by atoms with E-state index in [1.807, 2.05) is 0 Å². The number of rotatable bonds is 2. The van der Waals surface area contributed by atoms with Gasteiger partial charge >= 0.3 is 0 Å². The van der Waals surface area contributed by atoms with Gasteiger partial charge in [0.15, 0.2) is 0 Å². The fraction of sp³-hybridized carbons (Fsp3) is 1.00. The van der Waals surface area contributed by atoms with Crippen molar-refractivity contribution in [2.24, 2.45) is 23.0 Å². The average Bonchev–Trinajstić information content (AvgIpc) is 2.47. The van der Waals surface area contributed by atoms with Crippen LogP contribution < -0.4 is 5.73 Å². The molecule has 0 bridgehead atoms. The van der Waals surface area contributed by atoms with Gasteiger partial charge in [-0.25, -0.2) is 0 Å². The summed E-state index contributed by atoms with van der Waals surface area (Å²) in [5.41, 5.74) is 7.48. The van der Waals surface area contributed by atoms with E-state index in [-0.39, 0.29) is 5.60 Å². The Morgan fingerprint density at radius 2 is 1.67 bits per heavy atom. The maximum atomic E-state index is 6.83. The summed E-state index contributed by atoms with van der Waals surface area (Å²) in [5.74, 6) is 1.41. The van der Waals surface area contributed by atoms with Crippen LogP contribution in [0, 0.1) is 17.3 Å². The average molecular weight is 293 g/mol. The normalized spacial score (nSPS) is 37.3. The van der Waals surface area contributed by atoms with Crippen molar-refractivity contribution in [1.82, 2.24) is 0 Å². The molecule has 2 heteroatoms. The Labute approximate surface area is 131 Å². The van der Waals surface area contributed by atoms with E-state index in [4.69, 9.17) is 10.5 Å². The molecule has 0 amide bonds. The van der Waals surface area contributed by atoms with E-state index in [2.05, 4.69) is 13.8 Å². The number of nitrogens with two attached hydrogens (primary N) is 1. The van der Waals surface area contributed by atoms with Gasteiger partial charge in [0, 0.05) is 12.6 Å². The quantitative estimate of drug-likeness (QED) is 0.803. The smallest absolute Gasteiger partial charge is 0.0685 e. The Bertz CT molecular complexity index is 340. The van der Waals surface area contributed by atoms with Gasteiger partial charge < -0.3 is 10.5 Å². The van der Waals surface area contributed by atoms with Gasteiger partial charge in [0.2, 0.25) is 0 Å². The van der Waals surface area contributed by atoms with Crippen LogP contribution in [0.3, 0.4) is 0 Å². The molecule has 0 aromatic carbocycles. The van der Waals surface area contributed by atoms with Crippen LogP contribution in [-0.4, -0.2) is 18.2 Å². The summed E-state index contributed by atoms with van der Waals surface area (Å²) in [6.45, 7) is 5.85. The molecule has 1 heterocycles. The van der Waals surface area contributed by atoms with E-state index < -0.39 is 0 Å². The summed E-state index contributed by atoms with van der Waals surface area (Å²) in [6.07, 6.45) is 14.6. The van der Waals surface area contributed by atoms with Gasteiger partial charge in [0.25, 0.3) is 0 Å². The molecule has 3 atom stereocenters. The van der Waals surface area contributed by atoms with Crippen LogP contribution in [0.5, 0.6) is 0 Å². The van der Waals surface area contributed by atoms with E-state index in [9.17, 15) is 0 Å². The van der Waals surface area contributed by atoms with E-state index >= 15 is 0 Å². The maximum Gasteiger partial charge on any atom is 0.0685 e. The first-order valence-corrected chi connectivity index (χ1v) is 9.42. The molecule has 2 aliphatic carbocycles. The molecule has 2 saturated carbocycles. The van der Waals surface area contributed by atoms with Crippen LogP contribution in [0.1, 0.15) is 84.5 Å². The summed E-state index contributed by atoms with van der Waals surface area (Å²) in [5, 5.41) is 0. The predicted octanol–water partition coefficient (Wildman–Crippen LogP) is 4.66. The van der Waals surface area contributed by atoms with Crippen molar-refractivity contribution in [1.29, 1.82) is 0 Å². The molecular formula is C19H35NO. The molecule has 21 heavy (non-hydrogen) atoms. The van der Waals surface area contributed by atoms with E-state index in [1.54, 1.807) is 0 Å². The lowest BCUT2D eigenvalue weighted by Crippen LogP contribution is -2.51. The molecule has 3 unspecified atom stereocenters. The lowest BCUT2D eigenvalue weighted by molar-refractivity contribution is -0.125. The van der Waals surface area contributed by atoms with Crippen LogP contribution in [0.4, 0.5) is 0 Å². The topological polar surface area (TPSA) is 35.2 Å². The zero-order chi connectivity index (χ0) is 14.9. The largest absolute Gasteiger partial charge is 0.375 e. The van der Waals surface area contributed by atoms with Gasteiger partial charge in [-0.15, -0.1) is 0 Å². The van der Waals surface area contributed by atoms with Gasteiger partial charge in [0.1, 0.15) is 0 Å². The SMILES string of the molecule is CC1(C)CCCCC1C(N)C1CCOC2(CCCCC2)C1. The molecule has 1 spiro atoms. The third-order valence-corrected chi connectivity index (χ3v) is 6.89. The van der Waals surface area contributed by atoms with Gasteiger partial charge in [-0.05, 0) is 55.8 Å². The highest BCUT2D eigenvalue weighted by atomic mass is 16.5. The number of hydrogen-bond donors (Lipinski definition) is 1. The second-order valence-corrected chi connectivity index (χ2v) is 8.76. The van der Waals surface area contributed by atoms with Gasteiger partial charge in [-0.3, -0.25) is 0 Å². The second kappa shape index (κ2) is 6.20. The predicted molar refractivity (Wildman–Crippen MR) is 88.2 cm³/mol. The van der Waals surface area contributed by atoms with Crippen LogP contribution in [0.15, 0.2) is 0 Å². The molecule has 2 nitrogen and oxygen atoms in total. The lowest BCUT2D eigenvalue weighted by atomic mass is 9.62. The lowest BCUT2D eigenvalue weighted by Gasteiger charge is -2.49. The molecule has 122 valence electrons. The van der Waals surface area contributed by atoms with Gasteiger partial charge in [0.05, 0.1) is 5.60 Å². The van der Waals surface area contributed by atoms with Crippen molar-refractivity contribution < 1.29 is 4.74 Å². The number of hydrogen-bond acceptors (Lipinski definition) is 2. The van der Waals surface area contributed by atoms with E-state index in [0.717, 1.165) is 12.5 Å². The van der Waals surface area contributed by atoms with Crippen molar-refractivity contribution in [3.8, 4) is 0 Å². The van der Waals surface area contributed by atoms with Crippen molar-refractivity contribution >= 4 is 0 Å². The van der Waals surface area contributed by atoms with Crippen molar-refractivity contribution in [2.45, 2.75) is 96.1 Å². The Morgan fingerprint density at radius 3 is 2.38 bits per heavy atom. The Kier molecular flexibility index (Phi) is 4.66. The summed E-state index contributed by atoms with van der Waals surface area (Å²) in [7, 11) is 0. The van der Waals surface area contributed by atoms with Crippen molar-refractivity contribution in [2.75, 3.05) is 6.61 Å². The fourth-order valence-corrected chi connectivity index (χ4v) is 5.50. The second-order valence-electron chi connectivity index (χ2n) is 8.76. The highest BCUT2D eigenvalue weighted by Crippen LogP contribution is 2.47. The summed E-state index contributed by atoms with van der Waals surface area (Å²) < 4.78 is 6.27. The maximum absolute atomic E-state index is 6.83. The summed E-state index contributed by atoms with van der Waals surface area (Å²) in [4.78, 5) is 0. The van der Waals surface area contributed by atoms with E-state index in [1.165, 1.54) is 70.6 Å². The monoisotopic (exact) mass is 293 g/mol. The Morgan fingerprint density at radius 1 is 0.952 bits per heavy atom.